The Morgan fingerprint density at radius 1 is 0.857 bits per heavy atom. The van der Waals surface area contributed by atoms with Crippen LogP contribution in [0.25, 0.3) is 0 Å². The third kappa shape index (κ3) is 5.39. The van der Waals surface area contributed by atoms with Crippen molar-refractivity contribution in [2.75, 3.05) is 10.6 Å². The van der Waals surface area contributed by atoms with Gasteiger partial charge in [0, 0.05) is 35.8 Å². The summed E-state index contributed by atoms with van der Waals surface area (Å²) in [5, 5.41) is 6.58. The van der Waals surface area contributed by atoms with Crippen molar-refractivity contribution in [1.29, 1.82) is 0 Å². The van der Waals surface area contributed by atoms with Crippen molar-refractivity contribution in [3.8, 4) is 0 Å². The summed E-state index contributed by atoms with van der Waals surface area (Å²) in [4.78, 5) is 13.3. The second-order valence-electron chi connectivity index (χ2n) is 5.70. The predicted molar refractivity (Wildman–Crippen MR) is 121 cm³/mol. The van der Waals surface area contributed by atoms with E-state index in [1.807, 2.05) is 83.4 Å². The highest BCUT2D eigenvalue weighted by atomic mass is 15.1. The van der Waals surface area contributed by atoms with Gasteiger partial charge < -0.3 is 10.6 Å². The number of hydrogen-bond donors (Lipinski definition) is 2. The summed E-state index contributed by atoms with van der Waals surface area (Å²) >= 11 is 0. The van der Waals surface area contributed by atoms with Crippen LogP contribution in [0, 0.1) is 6.92 Å². The standard InChI is InChI=1S/C19H17N5.2C2H6/c1-13-12-21-19(23-15-5-3-2-4-6-15)24-18(13)22-16-8-7-14-9-10-20-17(14)11-16;2*1-2/h2-8,10-12H,9H2,1H3,(H2,21,22,23,24);2*1-2H3. The fourth-order valence-corrected chi connectivity index (χ4v) is 2.59. The lowest BCUT2D eigenvalue weighted by molar-refractivity contribution is 1.13. The lowest BCUT2D eigenvalue weighted by Gasteiger charge is -2.11. The molecule has 0 unspecified atom stereocenters. The fraction of sp³-hybridized carbons (Fsp3) is 0.261. The van der Waals surface area contributed by atoms with Crippen molar-refractivity contribution >= 4 is 35.0 Å². The van der Waals surface area contributed by atoms with Gasteiger partial charge in [-0.1, -0.05) is 52.0 Å². The molecule has 0 radical (unpaired) electrons. The summed E-state index contributed by atoms with van der Waals surface area (Å²) in [6, 6.07) is 16.1. The van der Waals surface area contributed by atoms with Crippen LogP contribution in [-0.2, 0) is 6.42 Å². The molecule has 3 aromatic rings. The SMILES string of the molecule is CC.CC.Cc1cnc(Nc2ccccc2)nc1Nc1ccc2c(c1)N=CC2. The van der Waals surface area contributed by atoms with Crippen molar-refractivity contribution in [1.82, 2.24) is 9.97 Å². The van der Waals surface area contributed by atoms with E-state index in [4.69, 9.17) is 0 Å². The summed E-state index contributed by atoms with van der Waals surface area (Å²) in [7, 11) is 0. The van der Waals surface area contributed by atoms with Gasteiger partial charge in [-0.15, -0.1) is 0 Å². The summed E-state index contributed by atoms with van der Waals surface area (Å²) in [5.41, 5.74) is 5.19. The van der Waals surface area contributed by atoms with Crippen LogP contribution in [0.5, 0.6) is 0 Å². The van der Waals surface area contributed by atoms with Gasteiger partial charge in [0.1, 0.15) is 5.82 Å². The highest BCUT2D eigenvalue weighted by Gasteiger charge is 2.09. The minimum atomic E-state index is 0.563. The number of aryl methyl sites for hydroxylation is 1. The van der Waals surface area contributed by atoms with Crippen molar-refractivity contribution in [2.24, 2.45) is 4.99 Å². The third-order valence-corrected chi connectivity index (χ3v) is 3.89. The maximum atomic E-state index is 4.58. The first-order valence-corrected chi connectivity index (χ1v) is 9.86. The molecule has 1 aromatic heterocycles. The Morgan fingerprint density at radius 3 is 2.36 bits per heavy atom. The number of aliphatic imine (C=N–C) groups is 1. The molecule has 5 nitrogen and oxygen atoms in total. The van der Waals surface area contributed by atoms with Gasteiger partial charge in [-0.25, -0.2) is 4.98 Å². The lowest BCUT2D eigenvalue weighted by atomic mass is 10.1. The molecule has 0 amide bonds. The van der Waals surface area contributed by atoms with E-state index in [1.165, 1.54) is 5.56 Å². The van der Waals surface area contributed by atoms with Gasteiger partial charge >= 0.3 is 0 Å². The average Bonchev–Trinajstić information content (AvgIpc) is 3.22. The van der Waals surface area contributed by atoms with Crippen LogP contribution in [0.1, 0.15) is 38.8 Å². The van der Waals surface area contributed by atoms with Crippen molar-refractivity contribution in [3.63, 3.8) is 0 Å². The van der Waals surface area contributed by atoms with Gasteiger partial charge in [0.2, 0.25) is 5.95 Å². The number of hydrogen-bond acceptors (Lipinski definition) is 5. The summed E-state index contributed by atoms with van der Waals surface area (Å²) in [5.74, 6) is 1.35. The van der Waals surface area contributed by atoms with Crippen LogP contribution in [0.3, 0.4) is 0 Å². The van der Waals surface area contributed by atoms with Crippen LogP contribution in [0.2, 0.25) is 0 Å². The molecule has 2 N–H and O–H groups in total. The molecule has 28 heavy (non-hydrogen) atoms. The van der Waals surface area contributed by atoms with Crippen LogP contribution in [-0.4, -0.2) is 16.2 Å². The molecule has 0 aliphatic carbocycles. The highest BCUT2D eigenvalue weighted by molar-refractivity contribution is 5.78. The molecule has 5 heteroatoms. The second-order valence-corrected chi connectivity index (χ2v) is 5.70. The van der Waals surface area contributed by atoms with Crippen molar-refractivity contribution in [2.45, 2.75) is 41.0 Å². The first kappa shape index (κ1) is 21.1. The molecule has 0 bridgehead atoms. The minimum absolute atomic E-state index is 0.563. The molecule has 146 valence electrons. The number of rotatable bonds is 4. The second kappa shape index (κ2) is 10.8. The van der Waals surface area contributed by atoms with E-state index in [0.29, 0.717) is 5.95 Å². The number of aromatic nitrogens is 2. The van der Waals surface area contributed by atoms with Gasteiger partial charge in [0.25, 0.3) is 0 Å². The van der Waals surface area contributed by atoms with E-state index in [9.17, 15) is 0 Å². The van der Waals surface area contributed by atoms with Gasteiger partial charge in [0.15, 0.2) is 0 Å². The van der Waals surface area contributed by atoms with E-state index < -0.39 is 0 Å². The number of anilines is 4. The molecule has 0 spiro atoms. The fourth-order valence-electron chi connectivity index (χ4n) is 2.59. The summed E-state index contributed by atoms with van der Waals surface area (Å²) < 4.78 is 0. The van der Waals surface area contributed by atoms with Crippen LogP contribution in [0.4, 0.5) is 28.8 Å². The Bertz CT molecular complexity index is 904. The van der Waals surface area contributed by atoms with Gasteiger partial charge in [0.05, 0.1) is 5.69 Å². The normalized spacial score (nSPS) is 10.8. The molecule has 2 heterocycles. The molecule has 0 saturated carbocycles. The Morgan fingerprint density at radius 2 is 1.61 bits per heavy atom. The Balaban J connectivity index is 0.000000660. The van der Waals surface area contributed by atoms with Crippen LogP contribution in [0.15, 0.2) is 59.7 Å². The average molecular weight is 376 g/mol. The minimum Gasteiger partial charge on any atom is -0.340 e. The maximum Gasteiger partial charge on any atom is 0.229 e. The number of benzene rings is 2. The quantitative estimate of drug-likeness (QED) is 0.540. The molecular weight excluding hydrogens is 346 g/mol. The number of fused-ring (bicyclic) bond motifs is 1. The molecule has 4 rings (SSSR count). The van der Waals surface area contributed by atoms with E-state index in [-0.39, 0.29) is 0 Å². The van der Waals surface area contributed by atoms with Crippen molar-refractivity contribution in [3.05, 3.63) is 65.9 Å². The molecule has 0 fully saturated rings. The van der Waals surface area contributed by atoms with Gasteiger partial charge in [-0.3, -0.25) is 4.99 Å². The molecule has 1 aliphatic rings. The zero-order valence-electron chi connectivity index (χ0n) is 17.3. The van der Waals surface area contributed by atoms with E-state index in [2.05, 4.69) is 37.7 Å². The first-order chi connectivity index (χ1) is 13.8. The largest absolute Gasteiger partial charge is 0.340 e. The Kier molecular flexibility index (Phi) is 8.15. The number of para-hydroxylation sites is 1. The predicted octanol–water partition coefficient (Wildman–Crippen LogP) is 6.58. The summed E-state index contributed by atoms with van der Waals surface area (Å²) in [6.07, 6.45) is 4.66. The zero-order valence-corrected chi connectivity index (χ0v) is 17.3. The van der Waals surface area contributed by atoms with Gasteiger partial charge in [-0.05, 0) is 36.8 Å². The van der Waals surface area contributed by atoms with Crippen LogP contribution < -0.4 is 10.6 Å². The molecule has 0 saturated heterocycles. The smallest absolute Gasteiger partial charge is 0.229 e. The zero-order chi connectivity index (χ0) is 20.4. The summed E-state index contributed by atoms with van der Waals surface area (Å²) in [6.45, 7) is 9.99. The van der Waals surface area contributed by atoms with E-state index in [1.54, 1.807) is 0 Å². The molecular formula is C23H29N5. The monoisotopic (exact) mass is 375 g/mol. The van der Waals surface area contributed by atoms with Gasteiger partial charge in [-0.2, -0.15) is 4.98 Å². The Labute approximate surface area is 168 Å². The highest BCUT2D eigenvalue weighted by Crippen LogP contribution is 2.29. The number of nitrogens with one attached hydrogen (secondary N) is 2. The van der Waals surface area contributed by atoms with E-state index in [0.717, 1.165) is 34.9 Å². The number of nitrogens with zero attached hydrogens (tertiary/aromatic N) is 3. The molecule has 0 atom stereocenters. The van der Waals surface area contributed by atoms with E-state index >= 15 is 0 Å². The lowest BCUT2D eigenvalue weighted by Crippen LogP contribution is -2.02. The third-order valence-electron chi connectivity index (χ3n) is 3.89. The molecule has 1 aliphatic heterocycles. The van der Waals surface area contributed by atoms with Crippen molar-refractivity contribution < 1.29 is 0 Å². The Hall–Kier alpha value is -3.21. The van der Waals surface area contributed by atoms with Crippen LogP contribution >= 0.6 is 0 Å². The maximum absolute atomic E-state index is 4.58. The first-order valence-electron chi connectivity index (χ1n) is 9.86. The topological polar surface area (TPSA) is 62.2 Å². The molecule has 2 aromatic carbocycles.